The molecule has 0 fully saturated rings. The molecule has 0 radical (unpaired) electrons. The summed E-state index contributed by atoms with van der Waals surface area (Å²) >= 11 is 6.33. The van der Waals surface area contributed by atoms with Crippen LogP contribution in [0.1, 0.15) is 49.1 Å². The maximum absolute atomic E-state index is 14.2. The Kier molecular flexibility index (Phi) is 6.45. The maximum Gasteiger partial charge on any atom is 0.416 e. The molecular formula is C29H16ClF5N4O3. The number of nitrogens with one attached hydrogen (secondary N) is 2. The van der Waals surface area contributed by atoms with Gasteiger partial charge in [0.05, 0.1) is 22.7 Å². The minimum atomic E-state index is -4.90. The van der Waals surface area contributed by atoms with E-state index < -0.39 is 46.8 Å². The Morgan fingerprint density at radius 3 is 2.57 bits per heavy atom. The largest absolute Gasteiger partial charge is 0.416 e. The van der Waals surface area contributed by atoms with Crippen molar-refractivity contribution < 1.29 is 36.1 Å². The number of aromatic nitrogens is 2. The smallest absolute Gasteiger partial charge is 0.341 e. The molecule has 5 aromatic rings. The molecule has 212 valence electrons. The van der Waals surface area contributed by atoms with Crippen molar-refractivity contribution >= 4 is 40.2 Å². The van der Waals surface area contributed by atoms with Crippen molar-refractivity contribution in [2.75, 3.05) is 5.32 Å². The predicted octanol–water partition coefficient (Wildman–Crippen LogP) is 7.23. The SMILES string of the molecule is Cc1noc2ncc(-c3cc(NC(=O)c4cc(F)cc(C(F)(F)F)c4)c4c(c3)C(=O)NC4c3cc(F)ccc3Cl)cc12. The van der Waals surface area contributed by atoms with Crippen LogP contribution in [0.5, 0.6) is 0 Å². The molecule has 1 aliphatic heterocycles. The first-order valence-corrected chi connectivity index (χ1v) is 12.6. The predicted molar refractivity (Wildman–Crippen MR) is 142 cm³/mol. The number of amides is 2. The molecule has 0 saturated carbocycles. The maximum atomic E-state index is 14.2. The third-order valence-corrected chi connectivity index (χ3v) is 7.18. The van der Waals surface area contributed by atoms with E-state index >= 15 is 0 Å². The summed E-state index contributed by atoms with van der Waals surface area (Å²) in [6.07, 6.45) is -3.45. The first kappa shape index (κ1) is 27.3. The van der Waals surface area contributed by atoms with Gasteiger partial charge in [0.15, 0.2) is 0 Å². The third kappa shape index (κ3) is 4.83. The minimum absolute atomic E-state index is 0.00358. The van der Waals surface area contributed by atoms with Crippen molar-refractivity contribution in [3.63, 3.8) is 0 Å². The highest BCUT2D eigenvalue weighted by molar-refractivity contribution is 6.31. The molecule has 1 aliphatic rings. The Morgan fingerprint density at radius 2 is 1.81 bits per heavy atom. The van der Waals surface area contributed by atoms with E-state index in [9.17, 15) is 31.5 Å². The standard InChI is InChI=1S/C29H16ClF5N4O3/c1-12-19-7-15(11-36-28(19)42-39-12)13-6-21-24(25(38-27(21)41)20-10-17(31)2-3-22(20)30)23(8-13)37-26(40)14-4-16(29(33,34)35)9-18(32)5-14/h2-11,25H,1H3,(H,37,40)(H,38,41). The highest BCUT2D eigenvalue weighted by Gasteiger charge is 2.36. The molecule has 1 atom stereocenters. The number of hydrogen-bond acceptors (Lipinski definition) is 5. The lowest BCUT2D eigenvalue weighted by atomic mass is 9.92. The quantitative estimate of drug-likeness (QED) is 0.213. The van der Waals surface area contributed by atoms with Crippen molar-refractivity contribution in [1.82, 2.24) is 15.5 Å². The van der Waals surface area contributed by atoms with Crippen LogP contribution < -0.4 is 10.6 Å². The number of nitrogens with zero attached hydrogens (tertiary/aromatic N) is 2. The van der Waals surface area contributed by atoms with E-state index in [0.717, 1.165) is 12.1 Å². The van der Waals surface area contributed by atoms with E-state index in [1.165, 1.54) is 24.4 Å². The first-order chi connectivity index (χ1) is 19.9. The van der Waals surface area contributed by atoms with Gasteiger partial charge in [0.25, 0.3) is 17.5 Å². The molecule has 2 amide bonds. The Bertz CT molecular complexity index is 1940. The molecule has 13 heteroatoms. The van der Waals surface area contributed by atoms with Gasteiger partial charge in [0.1, 0.15) is 11.6 Å². The van der Waals surface area contributed by atoms with Crippen molar-refractivity contribution in [1.29, 1.82) is 0 Å². The summed E-state index contributed by atoms with van der Waals surface area (Å²) < 4.78 is 73.4. The number of carbonyl (C=O) groups excluding carboxylic acids is 2. The van der Waals surface area contributed by atoms with Crippen LogP contribution in [0.4, 0.5) is 27.6 Å². The Morgan fingerprint density at radius 1 is 1.02 bits per heavy atom. The Hall–Kier alpha value is -4.84. The number of hydrogen-bond donors (Lipinski definition) is 2. The number of pyridine rings is 1. The van der Waals surface area contributed by atoms with Gasteiger partial charge in [-0.15, -0.1) is 0 Å². The highest BCUT2D eigenvalue weighted by atomic mass is 35.5. The average Bonchev–Trinajstić information content (AvgIpc) is 3.48. The number of rotatable bonds is 4. The van der Waals surface area contributed by atoms with Gasteiger partial charge < -0.3 is 15.2 Å². The van der Waals surface area contributed by atoms with E-state index in [2.05, 4.69) is 20.8 Å². The van der Waals surface area contributed by atoms with Crippen LogP contribution in [0.3, 0.4) is 0 Å². The van der Waals surface area contributed by atoms with Gasteiger partial charge in [-0.25, -0.2) is 13.8 Å². The van der Waals surface area contributed by atoms with Crippen LogP contribution in [0.15, 0.2) is 65.3 Å². The molecule has 0 saturated heterocycles. The zero-order valence-corrected chi connectivity index (χ0v) is 22.0. The fraction of sp³-hybridized carbons (Fsp3) is 0.103. The topological polar surface area (TPSA) is 97.1 Å². The molecule has 2 N–H and O–H groups in total. The zero-order chi connectivity index (χ0) is 29.9. The third-order valence-electron chi connectivity index (χ3n) is 6.84. The van der Waals surface area contributed by atoms with Gasteiger partial charge in [0, 0.05) is 44.7 Å². The second-order valence-electron chi connectivity index (χ2n) is 9.58. The first-order valence-electron chi connectivity index (χ1n) is 12.2. The van der Waals surface area contributed by atoms with Gasteiger partial charge in [-0.2, -0.15) is 13.2 Å². The number of halogens is 6. The highest BCUT2D eigenvalue weighted by Crippen LogP contribution is 2.42. The van der Waals surface area contributed by atoms with E-state index in [1.54, 1.807) is 13.0 Å². The van der Waals surface area contributed by atoms with Gasteiger partial charge >= 0.3 is 6.18 Å². The second kappa shape index (κ2) is 9.91. The summed E-state index contributed by atoms with van der Waals surface area (Å²) in [6.45, 7) is 1.71. The lowest BCUT2D eigenvalue weighted by molar-refractivity contribution is -0.137. The second-order valence-corrected chi connectivity index (χ2v) is 9.99. The van der Waals surface area contributed by atoms with Crippen LogP contribution in [-0.4, -0.2) is 22.0 Å². The lowest BCUT2D eigenvalue weighted by Crippen LogP contribution is -2.21. The van der Waals surface area contributed by atoms with Crippen LogP contribution in [0, 0.1) is 18.6 Å². The van der Waals surface area contributed by atoms with Gasteiger partial charge in [-0.3, -0.25) is 9.59 Å². The molecule has 3 aromatic carbocycles. The number of carbonyl (C=O) groups is 2. The van der Waals surface area contributed by atoms with E-state index in [4.69, 9.17) is 16.1 Å². The summed E-state index contributed by atoms with van der Waals surface area (Å²) in [7, 11) is 0. The molecule has 42 heavy (non-hydrogen) atoms. The van der Waals surface area contributed by atoms with Crippen LogP contribution in [0.25, 0.3) is 22.2 Å². The number of aryl methyl sites for hydroxylation is 1. The van der Waals surface area contributed by atoms with E-state index in [1.807, 2.05) is 0 Å². The fourth-order valence-electron chi connectivity index (χ4n) is 4.85. The number of alkyl halides is 3. The summed E-state index contributed by atoms with van der Waals surface area (Å²) in [5.74, 6) is -3.56. The molecule has 6 rings (SSSR count). The number of benzene rings is 3. The number of anilines is 1. The molecule has 7 nitrogen and oxygen atoms in total. The van der Waals surface area contributed by atoms with E-state index in [0.29, 0.717) is 34.3 Å². The monoisotopic (exact) mass is 598 g/mol. The molecule has 3 heterocycles. The van der Waals surface area contributed by atoms with Crippen molar-refractivity contribution in [2.24, 2.45) is 0 Å². The molecule has 0 spiro atoms. The summed E-state index contributed by atoms with van der Waals surface area (Å²) in [4.78, 5) is 30.7. The molecule has 2 aromatic heterocycles. The van der Waals surface area contributed by atoms with Gasteiger partial charge in [-0.05, 0) is 67.1 Å². The van der Waals surface area contributed by atoms with Crippen molar-refractivity contribution in [3.05, 3.63) is 111 Å². The normalized spacial score (nSPS) is 14.6. The van der Waals surface area contributed by atoms with Gasteiger partial charge in [0.2, 0.25) is 0 Å². The van der Waals surface area contributed by atoms with Crippen molar-refractivity contribution in [3.8, 4) is 11.1 Å². The van der Waals surface area contributed by atoms with Crippen LogP contribution >= 0.6 is 11.6 Å². The summed E-state index contributed by atoms with van der Waals surface area (Å²) in [5.41, 5.74) is 0.218. The zero-order valence-electron chi connectivity index (χ0n) is 21.2. The van der Waals surface area contributed by atoms with E-state index in [-0.39, 0.29) is 39.2 Å². The van der Waals surface area contributed by atoms with Gasteiger partial charge in [-0.1, -0.05) is 16.8 Å². The molecule has 0 bridgehead atoms. The van der Waals surface area contributed by atoms with Crippen LogP contribution in [-0.2, 0) is 6.18 Å². The van der Waals surface area contributed by atoms with Crippen LogP contribution in [0.2, 0.25) is 5.02 Å². The summed E-state index contributed by atoms with van der Waals surface area (Å²) in [5, 5.41) is 9.81. The molecule has 0 aliphatic carbocycles. The number of fused-ring (bicyclic) bond motifs is 2. The fourth-order valence-corrected chi connectivity index (χ4v) is 5.08. The van der Waals surface area contributed by atoms with Crippen molar-refractivity contribution in [2.45, 2.75) is 19.1 Å². The Labute approximate surface area is 238 Å². The lowest BCUT2D eigenvalue weighted by Gasteiger charge is -2.19. The minimum Gasteiger partial charge on any atom is -0.341 e. The average molecular weight is 599 g/mol. The summed E-state index contributed by atoms with van der Waals surface area (Å²) in [6, 6.07) is 8.69. The molecule has 1 unspecified atom stereocenters. The molecular weight excluding hydrogens is 583 g/mol. The Balaban J connectivity index is 1.52.